The molecule has 1 heterocycles. The summed E-state index contributed by atoms with van der Waals surface area (Å²) in [7, 11) is 3.42. The van der Waals surface area contributed by atoms with Crippen molar-refractivity contribution in [3.8, 4) is 0 Å². The number of nitrogens with zero attached hydrogens (tertiary/aromatic N) is 1. The molecule has 0 bridgehead atoms. The third-order valence-electron chi connectivity index (χ3n) is 3.71. The molecule has 0 aromatic heterocycles. The van der Waals surface area contributed by atoms with Crippen LogP contribution in [0.4, 0.5) is 5.69 Å². The van der Waals surface area contributed by atoms with Crippen molar-refractivity contribution in [2.75, 3.05) is 32.8 Å². The van der Waals surface area contributed by atoms with Crippen LogP contribution >= 0.6 is 0 Å². The maximum atomic E-state index is 12.1. The van der Waals surface area contributed by atoms with E-state index in [1.807, 2.05) is 0 Å². The summed E-state index contributed by atoms with van der Waals surface area (Å²) in [6.07, 6.45) is 1.04. The van der Waals surface area contributed by atoms with E-state index in [1.54, 1.807) is 0 Å². The van der Waals surface area contributed by atoms with Gasteiger partial charge in [0.2, 0.25) is 5.91 Å². The van der Waals surface area contributed by atoms with Crippen LogP contribution in [0.1, 0.15) is 43.9 Å². The molecule has 1 aromatic rings. The lowest BCUT2D eigenvalue weighted by Crippen LogP contribution is -2.26. The SMILES string of the molecule is COC(=O)c1cc(N2CCCC2=O)cc(C(=O)OC)c1C(=O)OC. The maximum Gasteiger partial charge on any atom is 0.339 e. The number of esters is 3. The van der Waals surface area contributed by atoms with Gasteiger partial charge in [0.15, 0.2) is 0 Å². The number of methoxy groups -OCH3 is 3. The predicted molar refractivity (Wildman–Crippen MR) is 82.0 cm³/mol. The standard InChI is InChI=1S/C16H17NO7/c1-22-14(19)10-7-9(17-6-4-5-12(17)18)8-11(15(20)23-2)13(10)16(21)24-3/h7-8H,4-6H2,1-3H3. The minimum absolute atomic E-state index is 0.132. The summed E-state index contributed by atoms with van der Waals surface area (Å²) < 4.78 is 14.0. The lowest BCUT2D eigenvalue weighted by atomic mass is 9.99. The second-order valence-electron chi connectivity index (χ2n) is 5.04. The Morgan fingerprint density at radius 3 is 1.79 bits per heavy atom. The quantitative estimate of drug-likeness (QED) is 0.601. The van der Waals surface area contributed by atoms with E-state index in [-0.39, 0.29) is 22.6 Å². The Hall–Kier alpha value is -2.90. The fraction of sp³-hybridized carbons (Fsp3) is 0.375. The van der Waals surface area contributed by atoms with Gasteiger partial charge in [-0.3, -0.25) is 4.79 Å². The van der Waals surface area contributed by atoms with Crippen LogP contribution < -0.4 is 4.90 Å². The van der Waals surface area contributed by atoms with Crippen molar-refractivity contribution in [3.05, 3.63) is 28.8 Å². The summed E-state index contributed by atoms with van der Waals surface area (Å²) in [6.45, 7) is 0.456. The van der Waals surface area contributed by atoms with Gasteiger partial charge in [0.25, 0.3) is 0 Å². The highest BCUT2D eigenvalue weighted by atomic mass is 16.5. The van der Waals surface area contributed by atoms with Crippen LogP contribution in [0.2, 0.25) is 0 Å². The van der Waals surface area contributed by atoms with Crippen molar-refractivity contribution in [3.63, 3.8) is 0 Å². The van der Waals surface area contributed by atoms with Gasteiger partial charge in [-0.05, 0) is 18.6 Å². The molecule has 8 nitrogen and oxygen atoms in total. The first-order chi connectivity index (χ1) is 11.4. The van der Waals surface area contributed by atoms with E-state index in [2.05, 4.69) is 14.2 Å². The summed E-state index contributed by atoms with van der Waals surface area (Å²) in [4.78, 5) is 49.6. The first-order valence-electron chi connectivity index (χ1n) is 7.18. The van der Waals surface area contributed by atoms with Gasteiger partial charge in [-0.2, -0.15) is 0 Å². The Labute approximate surface area is 138 Å². The van der Waals surface area contributed by atoms with Crippen molar-refractivity contribution in [1.29, 1.82) is 0 Å². The first-order valence-corrected chi connectivity index (χ1v) is 7.18. The average molecular weight is 335 g/mol. The van der Waals surface area contributed by atoms with E-state index in [1.165, 1.54) is 17.0 Å². The lowest BCUT2D eigenvalue weighted by Gasteiger charge is -2.19. The molecule has 1 aliphatic heterocycles. The van der Waals surface area contributed by atoms with Gasteiger partial charge in [0.05, 0.1) is 38.0 Å². The molecule has 1 aliphatic rings. The van der Waals surface area contributed by atoms with E-state index in [0.717, 1.165) is 21.3 Å². The number of carbonyl (C=O) groups excluding carboxylic acids is 4. The van der Waals surface area contributed by atoms with Crippen LogP contribution in [0.25, 0.3) is 0 Å². The summed E-state index contributed by atoms with van der Waals surface area (Å²) in [5.41, 5.74) is -0.263. The largest absolute Gasteiger partial charge is 0.465 e. The predicted octanol–water partition coefficient (Wildman–Crippen LogP) is 1.17. The normalized spacial score (nSPS) is 13.6. The zero-order chi connectivity index (χ0) is 17.9. The zero-order valence-corrected chi connectivity index (χ0v) is 13.6. The number of hydrogen-bond donors (Lipinski definition) is 0. The highest BCUT2D eigenvalue weighted by Gasteiger charge is 2.30. The molecular weight excluding hydrogens is 318 g/mol. The van der Waals surface area contributed by atoms with Gasteiger partial charge < -0.3 is 19.1 Å². The minimum Gasteiger partial charge on any atom is -0.465 e. The first kappa shape index (κ1) is 17.5. The molecule has 0 atom stereocenters. The third-order valence-corrected chi connectivity index (χ3v) is 3.71. The van der Waals surface area contributed by atoms with Gasteiger partial charge in [-0.1, -0.05) is 0 Å². The molecule has 2 rings (SSSR count). The lowest BCUT2D eigenvalue weighted by molar-refractivity contribution is -0.117. The molecule has 24 heavy (non-hydrogen) atoms. The molecule has 1 fully saturated rings. The molecule has 0 spiro atoms. The Bertz CT molecular complexity index is 673. The summed E-state index contributed by atoms with van der Waals surface area (Å²) in [5, 5.41) is 0. The smallest absolute Gasteiger partial charge is 0.339 e. The van der Waals surface area contributed by atoms with Gasteiger partial charge in [0.1, 0.15) is 0 Å². The minimum atomic E-state index is -0.880. The number of rotatable bonds is 4. The van der Waals surface area contributed by atoms with Gasteiger partial charge in [-0.15, -0.1) is 0 Å². The monoisotopic (exact) mass is 335 g/mol. The van der Waals surface area contributed by atoms with E-state index in [4.69, 9.17) is 0 Å². The summed E-state index contributed by atoms with van der Waals surface area (Å²) in [5.74, 6) is -2.66. The Kier molecular flexibility index (Phi) is 5.18. The summed E-state index contributed by atoms with van der Waals surface area (Å²) in [6, 6.07) is 2.68. The van der Waals surface area contributed by atoms with Gasteiger partial charge in [0, 0.05) is 18.7 Å². The van der Waals surface area contributed by atoms with Crippen molar-refractivity contribution in [2.45, 2.75) is 12.8 Å². The van der Waals surface area contributed by atoms with Crippen molar-refractivity contribution in [1.82, 2.24) is 0 Å². The Morgan fingerprint density at radius 1 is 0.917 bits per heavy atom. The van der Waals surface area contributed by atoms with Crippen molar-refractivity contribution >= 4 is 29.5 Å². The third kappa shape index (κ3) is 3.08. The molecule has 0 radical (unpaired) electrons. The molecule has 0 unspecified atom stereocenters. The van der Waals surface area contributed by atoms with E-state index in [9.17, 15) is 19.2 Å². The average Bonchev–Trinajstić information content (AvgIpc) is 3.04. The number of amides is 1. The second-order valence-corrected chi connectivity index (χ2v) is 5.04. The number of ether oxygens (including phenoxy) is 3. The fourth-order valence-electron chi connectivity index (χ4n) is 2.57. The topological polar surface area (TPSA) is 99.2 Å². The Balaban J connectivity index is 2.73. The Morgan fingerprint density at radius 2 is 1.42 bits per heavy atom. The molecule has 0 aliphatic carbocycles. The fourth-order valence-corrected chi connectivity index (χ4v) is 2.57. The number of carbonyl (C=O) groups is 4. The van der Waals surface area contributed by atoms with E-state index >= 15 is 0 Å². The van der Waals surface area contributed by atoms with Crippen molar-refractivity contribution in [2.24, 2.45) is 0 Å². The van der Waals surface area contributed by atoms with Gasteiger partial charge in [-0.25, -0.2) is 14.4 Å². The van der Waals surface area contributed by atoms with E-state index in [0.29, 0.717) is 25.1 Å². The highest BCUT2D eigenvalue weighted by Crippen LogP contribution is 2.29. The van der Waals surface area contributed by atoms with Crippen molar-refractivity contribution < 1.29 is 33.4 Å². The molecular formula is C16H17NO7. The molecule has 1 aromatic carbocycles. The van der Waals surface area contributed by atoms with Crippen LogP contribution in [0.3, 0.4) is 0 Å². The molecule has 8 heteroatoms. The molecule has 1 saturated heterocycles. The second kappa shape index (κ2) is 7.12. The molecule has 128 valence electrons. The highest BCUT2D eigenvalue weighted by molar-refractivity contribution is 6.12. The zero-order valence-electron chi connectivity index (χ0n) is 13.6. The van der Waals surface area contributed by atoms with Crippen LogP contribution in [-0.2, 0) is 19.0 Å². The van der Waals surface area contributed by atoms with Crippen LogP contribution in [-0.4, -0.2) is 51.7 Å². The molecule has 1 amide bonds. The van der Waals surface area contributed by atoms with Crippen LogP contribution in [0, 0.1) is 0 Å². The van der Waals surface area contributed by atoms with E-state index < -0.39 is 17.9 Å². The van der Waals surface area contributed by atoms with Crippen LogP contribution in [0.5, 0.6) is 0 Å². The number of benzene rings is 1. The van der Waals surface area contributed by atoms with Crippen LogP contribution in [0.15, 0.2) is 12.1 Å². The number of hydrogen-bond acceptors (Lipinski definition) is 7. The maximum absolute atomic E-state index is 12.1. The van der Waals surface area contributed by atoms with Gasteiger partial charge >= 0.3 is 17.9 Å². The molecule has 0 N–H and O–H groups in total. The number of anilines is 1. The molecule has 0 saturated carbocycles. The summed E-state index contributed by atoms with van der Waals surface area (Å²) >= 11 is 0.